The van der Waals surface area contributed by atoms with E-state index in [1.807, 2.05) is 0 Å². The van der Waals surface area contributed by atoms with Crippen LogP contribution in [0.5, 0.6) is 0 Å². The molecule has 110 valence electrons. The van der Waals surface area contributed by atoms with E-state index in [0.29, 0.717) is 11.3 Å². The van der Waals surface area contributed by atoms with Crippen LogP contribution in [0.4, 0.5) is 5.69 Å². The van der Waals surface area contributed by atoms with E-state index in [0.717, 1.165) is 11.8 Å². The molecule has 0 fully saturated rings. The lowest BCUT2D eigenvalue weighted by Crippen LogP contribution is -2.21. The number of nitrogens with one attached hydrogen (secondary N) is 1. The summed E-state index contributed by atoms with van der Waals surface area (Å²) in [5, 5.41) is 10.9. The first kappa shape index (κ1) is 15.0. The summed E-state index contributed by atoms with van der Waals surface area (Å²) < 4.78 is 0. The second kappa shape index (κ2) is 6.40. The first-order valence-corrected chi connectivity index (χ1v) is 6.97. The summed E-state index contributed by atoms with van der Waals surface area (Å²) in [6.07, 6.45) is -0.0807. The summed E-state index contributed by atoms with van der Waals surface area (Å²) in [5.41, 5.74) is 6.59. The Morgan fingerprint density at radius 1 is 1.33 bits per heavy atom. The summed E-state index contributed by atoms with van der Waals surface area (Å²) >= 11 is 1.07. The molecule has 8 heteroatoms. The lowest BCUT2D eigenvalue weighted by Gasteiger charge is -2.08. The molecule has 0 bridgehead atoms. The number of nitrogens with two attached hydrogens (primary N) is 1. The molecule has 0 saturated carbocycles. The highest BCUT2D eigenvalue weighted by Crippen LogP contribution is 2.23. The molecular weight excluding hydrogens is 294 g/mol. The van der Waals surface area contributed by atoms with Gasteiger partial charge in [-0.1, -0.05) is 23.9 Å². The van der Waals surface area contributed by atoms with Crippen molar-refractivity contribution in [3.05, 3.63) is 29.8 Å². The number of rotatable bonds is 5. The maximum absolute atomic E-state index is 11.8. The Labute approximate surface area is 124 Å². The summed E-state index contributed by atoms with van der Waals surface area (Å²) in [7, 11) is 0. The highest BCUT2D eigenvalue weighted by Gasteiger charge is 2.29. The fourth-order valence-electron chi connectivity index (χ4n) is 1.79. The zero-order valence-electron chi connectivity index (χ0n) is 10.9. The van der Waals surface area contributed by atoms with Gasteiger partial charge in [-0.3, -0.25) is 14.4 Å². The van der Waals surface area contributed by atoms with Gasteiger partial charge < -0.3 is 16.2 Å². The van der Waals surface area contributed by atoms with Crippen LogP contribution in [0.3, 0.4) is 0 Å². The summed E-state index contributed by atoms with van der Waals surface area (Å²) in [5.74, 6) is -1.64. The molecule has 0 aromatic heterocycles. The van der Waals surface area contributed by atoms with Gasteiger partial charge in [0.15, 0.2) is 5.17 Å². The summed E-state index contributed by atoms with van der Waals surface area (Å²) in [4.78, 5) is 37.3. The van der Waals surface area contributed by atoms with Crippen molar-refractivity contribution < 1.29 is 19.5 Å². The quantitative estimate of drug-likeness (QED) is 0.732. The van der Waals surface area contributed by atoms with Crippen LogP contribution in [0, 0.1) is 0 Å². The topological polar surface area (TPSA) is 122 Å². The van der Waals surface area contributed by atoms with Crippen LogP contribution in [-0.2, 0) is 20.8 Å². The van der Waals surface area contributed by atoms with Crippen LogP contribution < -0.4 is 11.1 Å². The first-order chi connectivity index (χ1) is 9.94. The van der Waals surface area contributed by atoms with E-state index in [-0.39, 0.29) is 23.9 Å². The minimum absolute atomic E-state index is 0.00935. The third kappa shape index (κ3) is 4.32. The number of carboxylic acid groups (broad SMARTS) is 1. The van der Waals surface area contributed by atoms with E-state index in [9.17, 15) is 14.4 Å². The number of carboxylic acids is 1. The number of thioether (sulfide) groups is 1. The van der Waals surface area contributed by atoms with E-state index >= 15 is 0 Å². The molecule has 2 amide bonds. The zero-order chi connectivity index (χ0) is 15.4. The van der Waals surface area contributed by atoms with E-state index < -0.39 is 17.1 Å². The van der Waals surface area contributed by atoms with Gasteiger partial charge in [-0.05, 0) is 17.7 Å². The number of benzene rings is 1. The highest BCUT2D eigenvalue weighted by atomic mass is 32.2. The molecule has 1 aromatic rings. The van der Waals surface area contributed by atoms with Crippen LogP contribution >= 0.6 is 11.8 Å². The maximum Gasteiger partial charge on any atom is 0.307 e. The second-order valence-electron chi connectivity index (χ2n) is 4.41. The van der Waals surface area contributed by atoms with Gasteiger partial charge in [-0.2, -0.15) is 4.99 Å². The summed E-state index contributed by atoms with van der Waals surface area (Å²) in [6.45, 7) is 0. The number of aliphatic imine (C=N–C) groups is 1. The Bertz CT molecular complexity index is 612. The average molecular weight is 307 g/mol. The van der Waals surface area contributed by atoms with E-state index in [4.69, 9.17) is 10.8 Å². The van der Waals surface area contributed by atoms with Crippen molar-refractivity contribution in [1.82, 2.24) is 0 Å². The van der Waals surface area contributed by atoms with Crippen molar-refractivity contribution in [2.75, 3.05) is 5.32 Å². The molecule has 7 nitrogen and oxygen atoms in total. The third-order valence-corrected chi connectivity index (χ3v) is 3.71. The maximum atomic E-state index is 11.8. The predicted octanol–water partition coefficient (Wildman–Crippen LogP) is 0.599. The number of nitrogens with zero attached hydrogens (tertiary/aromatic N) is 1. The van der Waals surface area contributed by atoms with Gasteiger partial charge in [-0.15, -0.1) is 0 Å². The number of amides is 2. The predicted molar refractivity (Wildman–Crippen MR) is 79.0 cm³/mol. The van der Waals surface area contributed by atoms with E-state index in [1.54, 1.807) is 24.3 Å². The number of carbonyl (C=O) groups excluding carboxylic acids is 2. The number of carbonyl (C=O) groups is 3. The molecule has 0 saturated heterocycles. The molecule has 1 atom stereocenters. The van der Waals surface area contributed by atoms with Gasteiger partial charge in [0.05, 0.1) is 6.42 Å². The molecule has 1 unspecified atom stereocenters. The normalized spacial score (nSPS) is 17.4. The number of amidine groups is 1. The standard InChI is InChI=1S/C13H13N3O4S/c14-13-16-12(20)9(21-13)6-10(17)15-8-3-1-7(2-4-8)5-11(18)19/h1-4,9H,5-6H2,(H,15,17)(H,18,19)(H2,14,16,20). The smallest absolute Gasteiger partial charge is 0.307 e. The van der Waals surface area contributed by atoms with Crippen LogP contribution in [0.25, 0.3) is 0 Å². The molecular formula is C13H13N3O4S. The molecule has 21 heavy (non-hydrogen) atoms. The van der Waals surface area contributed by atoms with Crippen LogP contribution in [0.15, 0.2) is 29.3 Å². The second-order valence-corrected chi connectivity index (χ2v) is 5.64. The van der Waals surface area contributed by atoms with Gasteiger partial charge in [0.25, 0.3) is 5.91 Å². The molecule has 1 aliphatic heterocycles. The van der Waals surface area contributed by atoms with E-state index in [2.05, 4.69) is 10.3 Å². The van der Waals surface area contributed by atoms with Gasteiger partial charge in [0, 0.05) is 12.1 Å². The first-order valence-electron chi connectivity index (χ1n) is 6.09. The largest absolute Gasteiger partial charge is 0.481 e. The van der Waals surface area contributed by atoms with E-state index in [1.165, 1.54) is 0 Å². The van der Waals surface area contributed by atoms with Gasteiger partial charge in [-0.25, -0.2) is 0 Å². The lowest BCUT2D eigenvalue weighted by molar-refractivity contribution is -0.136. The van der Waals surface area contributed by atoms with Crippen LogP contribution in [0.1, 0.15) is 12.0 Å². The minimum atomic E-state index is -0.916. The molecule has 1 aromatic carbocycles. The van der Waals surface area contributed by atoms with Crippen molar-refractivity contribution in [2.24, 2.45) is 10.7 Å². The van der Waals surface area contributed by atoms with Crippen molar-refractivity contribution in [3.8, 4) is 0 Å². The van der Waals surface area contributed by atoms with Gasteiger partial charge in [0.1, 0.15) is 5.25 Å². The zero-order valence-corrected chi connectivity index (χ0v) is 11.7. The monoisotopic (exact) mass is 307 g/mol. The molecule has 4 N–H and O–H groups in total. The Morgan fingerprint density at radius 3 is 2.52 bits per heavy atom. The minimum Gasteiger partial charge on any atom is -0.481 e. The molecule has 0 spiro atoms. The molecule has 0 aliphatic carbocycles. The highest BCUT2D eigenvalue weighted by molar-refractivity contribution is 8.15. The molecule has 1 aliphatic rings. The van der Waals surface area contributed by atoms with Crippen LogP contribution in [-0.4, -0.2) is 33.3 Å². The van der Waals surface area contributed by atoms with Gasteiger partial charge >= 0.3 is 5.97 Å². The van der Waals surface area contributed by atoms with Crippen molar-refractivity contribution in [3.63, 3.8) is 0 Å². The Kier molecular flexibility index (Phi) is 4.59. The number of hydrogen-bond acceptors (Lipinski definition) is 5. The lowest BCUT2D eigenvalue weighted by atomic mass is 10.1. The Balaban J connectivity index is 1.88. The number of hydrogen-bond donors (Lipinski definition) is 3. The Hall–Kier alpha value is -2.35. The SMILES string of the molecule is NC1=NC(=O)C(CC(=O)Nc2ccc(CC(=O)O)cc2)S1. The summed E-state index contributed by atoms with van der Waals surface area (Å²) in [6, 6.07) is 6.48. The fraction of sp³-hybridized carbons (Fsp3) is 0.231. The van der Waals surface area contributed by atoms with Crippen molar-refractivity contribution in [2.45, 2.75) is 18.1 Å². The number of aliphatic carboxylic acids is 1. The fourth-order valence-corrected chi connectivity index (χ4v) is 2.62. The van der Waals surface area contributed by atoms with Crippen molar-refractivity contribution >= 4 is 40.4 Å². The average Bonchev–Trinajstić information content (AvgIpc) is 2.69. The third-order valence-electron chi connectivity index (χ3n) is 2.72. The van der Waals surface area contributed by atoms with Gasteiger partial charge in [0.2, 0.25) is 5.91 Å². The number of anilines is 1. The van der Waals surface area contributed by atoms with Crippen molar-refractivity contribution in [1.29, 1.82) is 0 Å². The molecule has 2 rings (SSSR count). The molecule has 0 radical (unpaired) electrons. The Morgan fingerprint density at radius 2 is 2.00 bits per heavy atom. The molecule has 1 heterocycles. The van der Waals surface area contributed by atoms with Crippen LogP contribution in [0.2, 0.25) is 0 Å².